The summed E-state index contributed by atoms with van der Waals surface area (Å²) < 4.78 is 0. The van der Waals surface area contributed by atoms with Crippen LogP contribution in [-0.4, -0.2) is 35.5 Å². The van der Waals surface area contributed by atoms with Gasteiger partial charge in [-0.2, -0.15) is 0 Å². The zero-order valence-electron chi connectivity index (χ0n) is 10.4. The fourth-order valence-corrected chi connectivity index (χ4v) is 1.50. The van der Waals surface area contributed by atoms with Crippen LogP contribution in [-0.2, 0) is 11.2 Å². The minimum absolute atomic E-state index is 0.0382. The third-order valence-corrected chi connectivity index (χ3v) is 2.61. The SMILES string of the molecule is CC(N)CCN(C)C(=O)Cc1cccc(O)c1. The quantitative estimate of drug-likeness (QED) is 0.805. The zero-order chi connectivity index (χ0) is 12.8. The van der Waals surface area contributed by atoms with Gasteiger partial charge in [0.1, 0.15) is 5.75 Å². The topological polar surface area (TPSA) is 66.6 Å². The molecule has 0 heterocycles. The maximum Gasteiger partial charge on any atom is 0.226 e. The van der Waals surface area contributed by atoms with Crippen LogP contribution >= 0.6 is 0 Å². The lowest BCUT2D eigenvalue weighted by atomic mass is 10.1. The molecule has 0 aliphatic rings. The molecule has 0 spiro atoms. The average molecular weight is 236 g/mol. The van der Waals surface area contributed by atoms with Crippen LogP contribution in [0.1, 0.15) is 18.9 Å². The molecule has 3 N–H and O–H groups in total. The van der Waals surface area contributed by atoms with Gasteiger partial charge in [0.25, 0.3) is 0 Å². The second-order valence-electron chi connectivity index (χ2n) is 4.43. The van der Waals surface area contributed by atoms with E-state index in [-0.39, 0.29) is 17.7 Å². The highest BCUT2D eigenvalue weighted by Crippen LogP contribution is 2.12. The monoisotopic (exact) mass is 236 g/mol. The molecule has 0 saturated carbocycles. The Kier molecular flexibility index (Phi) is 4.97. The molecule has 0 saturated heterocycles. The number of amides is 1. The van der Waals surface area contributed by atoms with E-state index in [0.717, 1.165) is 12.0 Å². The lowest BCUT2D eigenvalue weighted by Gasteiger charge is -2.18. The molecule has 1 rings (SSSR count). The van der Waals surface area contributed by atoms with Gasteiger partial charge in [0, 0.05) is 19.6 Å². The van der Waals surface area contributed by atoms with Gasteiger partial charge in [0.05, 0.1) is 6.42 Å². The first-order valence-electron chi connectivity index (χ1n) is 5.76. The molecule has 4 nitrogen and oxygen atoms in total. The second-order valence-corrected chi connectivity index (χ2v) is 4.43. The first-order chi connectivity index (χ1) is 7.99. The molecule has 0 aromatic heterocycles. The Bertz CT molecular complexity index is 377. The number of phenolic OH excluding ortho intramolecular Hbond substituents is 1. The van der Waals surface area contributed by atoms with Crippen molar-refractivity contribution in [2.75, 3.05) is 13.6 Å². The van der Waals surface area contributed by atoms with E-state index < -0.39 is 0 Å². The number of benzene rings is 1. The Morgan fingerprint density at radius 2 is 2.24 bits per heavy atom. The van der Waals surface area contributed by atoms with E-state index in [1.807, 2.05) is 13.0 Å². The van der Waals surface area contributed by atoms with Crippen LogP contribution in [0, 0.1) is 0 Å². The van der Waals surface area contributed by atoms with E-state index in [1.165, 1.54) is 0 Å². The highest BCUT2D eigenvalue weighted by molar-refractivity contribution is 5.78. The fraction of sp³-hybridized carbons (Fsp3) is 0.462. The van der Waals surface area contributed by atoms with Gasteiger partial charge >= 0.3 is 0 Å². The van der Waals surface area contributed by atoms with E-state index in [2.05, 4.69) is 0 Å². The van der Waals surface area contributed by atoms with Crippen molar-refractivity contribution in [3.63, 3.8) is 0 Å². The summed E-state index contributed by atoms with van der Waals surface area (Å²) in [6.45, 7) is 2.59. The van der Waals surface area contributed by atoms with Crippen LogP contribution in [0.25, 0.3) is 0 Å². The number of carbonyl (C=O) groups is 1. The summed E-state index contributed by atoms with van der Waals surface area (Å²) in [5.74, 6) is 0.227. The molecule has 0 aliphatic carbocycles. The summed E-state index contributed by atoms with van der Waals surface area (Å²) in [5.41, 5.74) is 6.46. The number of likely N-dealkylation sites (N-methyl/N-ethyl adjacent to an activating group) is 1. The predicted molar refractivity (Wildman–Crippen MR) is 67.7 cm³/mol. The largest absolute Gasteiger partial charge is 0.508 e. The zero-order valence-corrected chi connectivity index (χ0v) is 10.4. The molecular formula is C13H20N2O2. The van der Waals surface area contributed by atoms with Crippen molar-refractivity contribution in [1.82, 2.24) is 4.90 Å². The number of phenols is 1. The molecule has 4 heteroatoms. The number of aromatic hydroxyl groups is 1. The molecule has 0 radical (unpaired) electrons. The minimum Gasteiger partial charge on any atom is -0.508 e. The van der Waals surface area contributed by atoms with Crippen LogP contribution in [0.2, 0.25) is 0 Å². The summed E-state index contributed by atoms with van der Waals surface area (Å²) >= 11 is 0. The maximum atomic E-state index is 11.8. The third kappa shape index (κ3) is 4.87. The van der Waals surface area contributed by atoms with Crippen molar-refractivity contribution in [2.24, 2.45) is 5.73 Å². The van der Waals surface area contributed by atoms with Gasteiger partial charge in [-0.05, 0) is 31.0 Å². The molecule has 0 fully saturated rings. The first kappa shape index (κ1) is 13.5. The number of hydrogen-bond donors (Lipinski definition) is 2. The van der Waals surface area contributed by atoms with Gasteiger partial charge in [-0.3, -0.25) is 4.79 Å². The molecule has 1 unspecified atom stereocenters. The van der Waals surface area contributed by atoms with Crippen molar-refractivity contribution in [3.05, 3.63) is 29.8 Å². The van der Waals surface area contributed by atoms with Gasteiger partial charge in [-0.15, -0.1) is 0 Å². The Balaban J connectivity index is 2.48. The summed E-state index contributed by atoms with van der Waals surface area (Å²) in [7, 11) is 1.77. The van der Waals surface area contributed by atoms with Crippen molar-refractivity contribution < 1.29 is 9.90 Å². The van der Waals surface area contributed by atoms with E-state index >= 15 is 0 Å². The molecule has 94 valence electrons. The normalized spacial score (nSPS) is 12.2. The summed E-state index contributed by atoms with van der Waals surface area (Å²) in [6, 6.07) is 6.87. The molecule has 17 heavy (non-hydrogen) atoms. The highest BCUT2D eigenvalue weighted by atomic mass is 16.3. The minimum atomic E-state index is 0.0382. The number of carbonyl (C=O) groups excluding carboxylic acids is 1. The number of nitrogens with zero attached hydrogens (tertiary/aromatic N) is 1. The van der Waals surface area contributed by atoms with Crippen molar-refractivity contribution in [2.45, 2.75) is 25.8 Å². The fourth-order valence-electron chi connectivity index (χ4n) is 1.50. The first-order valence-corrected chi connectivity index (χ1v) is 5.76. The van der Waals surface area contributed by atoms with E-state index in [4.69, 9.17) is 5.73 Å². The molecule has 1 atom stereocenters. The Morgan fingerprint density at radius 3 is 2.82 bits per heavy atom. The van der Waals surface area contributed by atoms with Gasteiger partial charge in [0.15, 0.2) is 0 Å². The average Bonchev–Trinajstić information content (AvgIpc) is 2.25. The summed E-state index contributed by atoms with van der Waals surface area (Å²) in [5, 5.41) is 9.30. The molecular weight excluding hydrogens is 216 g/mol. The highest BCUT2D eigenvalue weighted by Gasteiger charge is 2.10. The summed E-state index contributed by atoms with van der Waals surface area (Å²) in [4.78, 5) is 13.5. The van der Waals surface area contributed by atoms with Crippen LogP contribution in [0.3, 0.4) is 0 Å². The molecule has 0 aliphatic heterocycles. The Labute approximate surface area is 102 Å². The molecule has 1 aromatic rings. The number of nitrogens with two attached hydrogens (primary N) is 1. The van der Waals surface area contributed by atoms with Gasteiger partial charge in [-0.25, -0.2) is 0 Å². The van der Waals surface area contributed by atoms with Crippen LogP contribution < -0.4 is 5.73 Å². The third-order valence-electron chi connectivity index (χ3n) is 2.61. The van der Waals surface area contributed by atoms with Crippen molar-refractivity contribution in [3.8, 4) is 5.75 Å². The smallest absolute Gasteiger partial charge is 0.226 e. The van der Waals surface area contributed by atoms with Crippen molar-refractivity contribution in [1.29, 1.82) is 0 Å². The van der Waals surface area contributed by atoms with E-state index in [9.17, 15) is 9.90 Å². The lowest BCUT2D eigenvalue weighted by molar-refractivity contribution is -0.129. The van der Waals surface area contributed by atoms with E-state index in [1.54, 1.807) is 30.1 Å². The van der Waals surface area contributed by atoms with Crippen molar-refractivity contribution >= 4 is 5.91 Å². The van der Waals surface area contributed by atoms with Gasteiger partial charge in [0.2, 0.25) is 5.91 Å². The lowest BCUT2D eigenvalue weighted by Crippen LogP contribution is -2.32. The maximum absolute atomic E-state index is 11.8. The van der Waals surface area contributed by atoms with Gasteiger partial charge < -0.3 is 15.7 Å². The Hall–Kier alpha value is -1.55. The standard InChI is InChI=1S/C13H20N2O2/c1-10(14)6-7-15(2)13(17)9-11-4-3-5-12(16)8-11/h3-5,8,10,16H,6-7,9,14H2,1-2H3. The molecule has 1 aromatic carbocycles. The Morgan fingerprint density at radius 1 is 1.53 bits per heavy atom. The van der Waals surface area contributed by atoms with Crippen LogP contribution in [0.4, 0.5) is 0 Å². The number of rotatable bonds is 5. The molecule has 1 amide bonds. The predicted octanol–water partition coefficient (Wildman–Crippen LogP) is 1.13. The van der Waals surface area contributed by atoms with Crippen LogP contribution in [0.5, 0.6) is 5.75 Å². The summed E-state index contributed by atoms with van der Waals surface area (Å²) in [6.07, 6.45) is 1.10. The molecule has 0 bridgehead atoms. The van der Waals surface area contributed by atoms with E-state index in [0.29, 0.717) is 13.0 Å². The second kappa shape index (κ2) is 6.25. The van der Waals surface area contributed by atoms with Crippen LogP contribution in [0.15, 0.2) is 24.3 Å². The van der Waals surface area contributed by atoms with Gasteiger partial charge in [-0.1, -0.05) is 12.1 Å². The number of hydrogen-bond acceptors (Lipinski definition) is 3.